The summed E-state index contributed by atoms with van der Waals surface area (Å²) in [4.78, 5) is 31.7. The van der Waals surface area contributed by atoms with Crippen LogP contribution in [0.4, 0.5) is 5.13 Å². The summed E-state index contributed by atoms with van der Waals surface area (Å²) >= 11 is 1.44. The Labute approximate surface area is 200 Å². The van der Waals surface area contributed by atoms with Gasteiger partial charge in [0, 0.05) is 21.2 Å². The second-order valence-corrected chi connectivity index (χ2v) is 9.08. The van der Waals surface area contributed by atoms with Crippen LogP contribution >= 0.6 is 11.3 Å². The lowest BCUT2D eigenvalue weighted by Gasteiger charge is -2.14. The topological polar surface area (TPSA) is 73.2 Å². The van der Waals surface area contributed by atoms with E-state index in [4.69, 9.17) is 4.74 Å². The minimum atomic E-state index is -0.203. The van der Waals surface area contributed by atoms with E-state index in [-0.39, 0.29) is 17.9 Å². The van der Waals surface area contributed by atoms with Crippen molar-refractivity contribution in [2.45, 2.75) is 20.4 Å². The van der Waals surface area contributed by atoms with Crippen molar-refractivity contribution in [3.63, 3.8) is 0 Å². The van der Waals surface area contributed by atoms with Gasteiger partial charge in [0.1, 0.15) is 12.3 Å². The molecular formula is C27H23N3O3S. The molecule has 3 aromatic carbocycles. The molecule has 0 atom stereocenters. The zero-order valence-electron chi connectivity index (χ0n) is 18.9. The van der Waals surface area contributed by atoms with Gasteiger partial charge in [-0.2, -0.15) is 0 Å². The number of benzene rings is 3. The summed E-state index contributed by atoms with van der Waals surface area (Å²) in [7, 11) is 0. The van der Waals surface area contributed by atoms with Gasteiger partial charge in [-0.1, -0.05) is 24.3 Å². The molecule has 0 aliphatic rings. The van der Waals surface area contributed by atoms with Crippen LogP contribution in [0.3, 0.4) is 0 Å². The normalized spacial score (nSPS) is 11.1. The molecule has 0 aliphatic heterocycles. The average Bonchev–Trinajstić information content (AvgIpc) is 3.22. The van der Waals surface area contributed by atoms with Crippen LogP contribution in [0.5, 0.6) is 5.75 Å². The lowest BCUT2D eigenvalue weighted by Crippen LogP contribution is -2.21. The molecule has 1 amide bonds. The van der Waals surface area contributed by atoms with Gasteiger partial charge in [0.2, 0.25) is 5.91 Å². The van der Waals surface area contributed by atoms with Crippen molar-refractivity contribution >= 4 is 44.2 Å². The SMILES string of the molecule is CCOc1ccc(-c2nc(NC(=O)Cn3c4ccccc4c(=O)c4ccccc43)sc2C)cc1. The summed E-state index contributed by atoms with van der Waals surface area (Å²) in [6, 6.07) is 22.5. The highest BCUT2D eigenvalue weighted by molar-refractivity contribution is 7.16. The number of carbonyl (C=O) groups excluding carboxylic acids is 1. The van der Waals surface area contributed by atoms with Gasteiger partial charge >= 0.3 is 0 Å². The number of aryl methyl sites for hydroxylation is 1. The highest BCUT2D eigenvalue weighted by Gasteiger charge is 2.16. The van der Waals surface area contributed by atoms with E-state index >= 15 is 0 Å². The van der Waals surface area contributed by atoms with Crippen LogP contribution in [0.15, 0.2) is 77.6 Å². The number of nitrogens with one attached hydrogen (secondary N) is 1. The molecule has 0 spiro atoms. The number of pyridine rings is 1. The van der Waals surface area contributed by atoms with Crippen LogP contribution in [-0.2, 0) is 11.3 Å². The molecule has 6 nitrogen and oxygen atoms in total. The molecule has 5 aromatic rings. The van der Waals surface area contributed by atoms with Crippen LogP contribution in [0, 0.1) is 6.92 Å². The lowest BCUT2D eigenvalue weighted by atomic mass is 10.1. The van der Waals surface area contributed by atoms with E-state index < -0.39 is 0 Å². The zero-order valence-corrected chi connectivity index (χ0v) is 19.7. The molecule has 5 rings (SSSR count). The molecule has 0 unspecified atom stereocenters. The summed E-state index contributed by atoms with van der Waals surface area (Å²) < 4.78 is 7.40. The third-order valence-corrected chi connectivity index (χ3v) is 6.55. The van der Waals surface area contributed by atoms with Crippen molar-refractivity contribution in [2.75, 3.05) is 11.9 Å². The Balaban J connectivity index is 1.44. The van der Waals surface area contributed by atoms with Crippen molar-refractivity contribution < 1.29 is 9.53 Å². The molecule has 2 heterocycles. The van der Waals surface area contributed by atoms with Crippen LogP contribution in [-0.4, -0.2) is 22.1 Å². The fraction of sp³-hybridized carbons (Fsp3) is 0.148. The molecule has 0 aliphatic carbocycles. The van der Waals surface area contributed by atoms with Crippen molar-refractivity contribution in [3.8, 4) is 17.0 Å². The van der Waals surface area contributed by atoms with Crippen LogP contribution in [0.1, 0.15) is 11.8 Å². The maximum atomic E-state index is 13.1. The first kappa shape index (κ1) is 21.9. The summed E-state index contributed by atoms with van der Waals surface area (Å²) in [5.41, 5.74) is 3.23. The number of carbonyl (C=O) groups is 1. The monoisotopic (exact) mass is 469 g/mol. The molecule has 2 aromatic heterocycles. The maximum Gasteiger partial charge on any atom is 0.246 e. The van der Waals surface area contributed by atoms with Crippen molar-refractivity contribution in [2.24, 2.45) is 0 Å². The van der Waals surface area contributed by atoms with Gasteiger partial charge in [0.25, 0.3) is 0 Å². The first-order valence-electron chi connectivity index (χ1n) is 11.1. The van der Waals surface area contributed by atoms with Gasteiger partial charge < -0.3 is 14.6 Å². The smallest absolute Gasteiger partial charge is 0.246 e. The molecule has 170 valence electrons. The van der Waals surface area contributed by atoms with E-state index in [0.717, 1.165) is 32.9 Å². The molecule has 0 saturated heterocycles. The number of ether oxygens (including phenoxy) is 1. The van der Waals surface area contributed by atoms with Gasteiger partial charge in [0.15, 0.2) is 10.6 Å². The van der Waals surface area contributed by atoms with Crippen molar-refractivity contribution in [1.29, 1.82) is 0 Å². The van der Waals surface area contributed by atoms with E-state index in [2.05, 4.69) is 10.3 Å². The maximum absolute atomic E-state index is 13.1. The first-order chi connectivity index (χ1) is 16.5. The fourth-order valence-corrected chi connectivity index (χ4v) is 5.00. The molecule has 7 heteroatoms. The Kier molecular flexibility index (Phi) is 5.86. The Morgan fingerprint density at radius 3 is 2.21 bits per heavy atom. The number of hydrogen-bond acceptors (Lipinski definition) is 5. The third-order valence-electron chi connectivity index (χ3n) is 5.66. The lowest BCUT2D eigenvalue weighted by molar-refractivity contribution is -0.116. The fourth-order valence-electron chi connectivity index (χ4n) is 4.14. The number of aromatic nitrogens is 2. The molecule has 0 saturated carbocycles. The predicted octanol–water partition coefficient (Wildman–Crippen LogP) is 5.62. The highest BCUT2D eigenvalue weighted by atomic mass is 32.1. The Bertz CT molecular complexity index is 1510. The molecular weight excluding hydrogens is 446 g/mol. The standard InChI is InChI=1S/C27H23N3O3S/c1-3-33-19-14-12-18(13-15-19)25-17(2)34-27(29-25)28-24(31)16-30-22-10-6-4-8-20(22)26(32)21-9-5-7-11-23(21)30/h4-15H,3,16H2,1-2H3,(H,28,29,31). The summed E-state index contributed by atoms with van der Waals surface area (Å²) in [5, 5.41) is 4.67. The number of fused-ring (bicyclic) bond motifs is 2. The van der Waals surface area contributed by atoms with Gasteiger partial charge in [-0.3, -0.25) is 9.59 Å². The average molecular weight is 470 g/mol. The summed E-state index contributed by atoms with van der Waals surface area (Å²) in [6.07, 6.45) is 0. The van der Waals surface area contributed by atoms with E-state index in [9.17, 15) is 9.59 Å². The van der Waals surface area contributed by atoms with Gasteiger partial charge in [-0.15, -0.1) is 11.3 Å². The van der Waals surface area contributed by atoms with E-state index in [1.165, 1.54) is 11.3 Å². The minimum absolute atomic E-state index is 0.0293. The van der Waals surface area contributed by atoms with Crippen molar-refractivity contribution in [1.82, 2.24) is 9.55 Å². The number of para-hydroxylation sites is 2. The largest absolute Gasteiger partial charge is 0.494 e. The van der Waals surface area contributed by atoms with Crippen LogP contribution < -0.4 is 15.5 Å². The molecule has 34 heavy (non-hydrogen) atoms. The summed E-state index contributed by atoms with van der Waals surface area (Å²) in [6.45, 7) is 4.62. The Morgan fingerprint density at radius 1 is 0.971 bits per heavy atom. The number of amides is 1. The molecule has 0 fully saturated rings. The summed E-state index contributed by atoms with van der Waals surface area (Å²) in [5.74, 6) is 0.610. The predicted molar refractivity (Wildman–Crippen MR) is 138 cm³/mol. The second-order valence-electron chi connectivity index (χ2n) is 7.88. The zero-order chi connectivity index (χ0) is 23.7. The quantitative estimate of drug-likeness (QED) is 0.328. The number of rotatable bonds is 6. The second kappa shape index (κ2) is 9.11. The first-order valence-corrected chi connectivity index (χ1v) is 11.9. The van der Waals surface area contributed by atoms with Gasteiger partial charge in [-0.25, -0.2) is 4.98 Å². The highest BCUT2D eigenvalue weighted by Crippen LogP contribution is 2.31. The van der Waals surface area contributed by atoms with Gasteiger partial charge in [0.05, 0.1) is 23.3 Å². The van der Waals surface area contributed by atoms with E-state index in [0.29, 0.717) is 22.5 Å². The number of anilines is 1. The van der Waals surface area contributed by atoms with E-state index in [1.54, 1.807) is 12.1 Å². The number of hydrogen-bond donors (Lipinski definition) is 1. The van der Waals surface area contributed by atoms with E-state index in [1.807, 2.05) is 79.1 Å². The number of thiazole rings is 1. The molecule has 0 bridgehead atoms. The van der Waals surface area contributed by atoms with Gasteiger partial charge in [-0.05, 0) is 62.4 Å². The Hall–Kier alpha value is -3.97. The number of nitrogens with zero attached hydrogens (tertiary/aromatic N) is 2. The molecule has 1 N–H and O–H groups in total. The minimum Gasteiger partial charge on any atom is -0.494 e. The Morgan fingerprint density at radius 2 is 1.59 bits per heavy atom. The van der Waals surface area contributed by atoms with Crippen LogP contribution in [0.2, 0.25) is 0 Å². The van der Waals surface area contributed by atoms with Crippen LogP contribution in [0.25, 0.3) is 33.1 Å². The molecule has 0 radical (unpaired) electrons. The third kappa shape index (κ3) is 4.06. The van der Waals surface area contributed by atoms with Crippen molar-refractivity contribution in [3.05, 3.63) is 87.9 Å².